The van der Waals surface area contributed by atoms with Crippen LogP contribution in [0.25, 0.3) is 10.1 Å². The Morgan fingerprint density at radius 1 is 1.25 bits per heavy atom. The van der Waals surface area contributed by atoms with Crippen molar-refractivity contribution in [1.29, 1.82) is 0 Å². The van der Waals surface area contributed by atoms with Crippen molar-refractivity contribution in [2.45, 2.75) is 6.42 Å². The fraction of sp³-hybridized carbons (Fsp3) is 0.143. The van der Waals surface area contributed by atoms with Crippen molar-refractivity contribution < 1.29 is 4.39 Å². The highest BCUT2D eigenvalue weighted by molar-refractivity contribution is 7.17. The molecule has 0 spiro atoms. The Morgan fingerprint density at radius 2 is 2.15 bits per heavy atom. The maximum absolute atomic E-state index is 13.8. The van der Waals surface area contributed by atoms with Gasteiger partial charge in [-0.05, 0) is 34.9 Å². The number of nitrogens with one attached hydrogen (secondary N) is 1. The molecule has 1 aromatic carbocycles. The van der Waals surface area contributed by atoms with Crippen LogP contribution >= 0.6 is 22.9 Å². The third-order valence-electron chi connectivity index (χ3n) is 2.92. The standard InChI is InChI=1S/C14H11ClFN3S/c15-12-7-13(19-8-18-12)17-3-1-9-5-10-2-4-20-14(10)11(16)6-9/h2,4-8H,1,3H2,(H,17,18,19). The summed E-state index contributed by atoms with van der Waals surface area (Å²) in [6.07, 6.45) is 2.12. The quantitative estimate of drug-likeness (QED) is 0.736. The Balaban J connectivity index is 1.68. The summed E-state index contributed by atoms with van der Waals surface area (Å²) < 4.78 is 14.5. The van der Waals surface area contributed by atoms with Gasteiger partial charge in [0.25, 0.3) is 0 Å². The van der Waals surface area contributed by atoms with Gasteiger partial charge in [0, 0.05) is 12.6 Å². The van der Waals surface area contributed by atoms with Crippen molar-refractivity contribution in [3.63, 3.8) is 0 Å². The predicted octanol–water partition coefficient (Wildman–Crippen LogP) is 4.14. The first-order chi connectivity index (χ1) is 9.72. The van der Waals surface area contributed by atoms with Gasteiger partial charge in [-0.2, -0.15) is 0 Å². The molecule has 0 amide bonds. The monoisotopic (exact) mass is 307 g/mol. The average molecular weight is 308 g/mol. The SMILES string of the molecule is Fc1cc(CCNc2cc(Cl)ncn2)cc2ccsc12. The number of hydrogen-bond acceptors (Lipinski definition) is 4. The molecule has 0 unspecified atom stereocenters. The van der Waals surface area contributed by atoms with Crippen LogP contribution < -0.4 is 5.32 Å². The van der Waals surface area contributed by atoms with Crippen LogP contribution in [0.5, 0.6) is 0 Å². The van der Waals surface area contributed by atoms with E-state index >= 15 is 0 Å². The van der Waals surface area contributed by atoms with Crippen molar-refractivity contribution in [2.24, 2.45) is 0 Å². The van der Waals surface area contributed by atoms with Gasteiger partial charge in [-0.25, -0.2) is 14.4 Å². The summed E-state index contributed by atoms with van der Waals surface area (Å²) in [5.41, 5.74) is 0.959. The zero-order valence-corrected chi connectivity index (χ0v) is 12.0. The lowest BCUT2D eigenvalue weighted by Crippen LogP contribution is -2.06. The van der Waals surface area contributed by atoms with Gasteiger partial charge in [0.2, 0.25) is 0 Å². The maximum Gasteiger partial charge on any atom is 0.141 e. The molecule has 20 heavy (non-hydrogen) atoms. The first kappa shape index (κ1) is 13.3. The Morgan fingerprint density at radius 3 is 3.00 bits per heavy atom. The van der Waals surface area contributed by atoms with Gasteiger partial charge in [0.15, 0.2) is 0 Å². The van der Waals surface area contributed by atoms with Crippen molar-refractivity contribution in [1.82, 2.24) is 9.97 Å². The highest BCUT2D eigenvalue weighted by atomic mass is 35.5. The Kier molecular flexibility index (Phi) is 3.80. The van der Waals surface area contributed by atoms with Crippen LogP contribution in [0.15, 0.2) is 36.0 Å². The summed E-state index contributed by atoms with van der Waals surface area (Å²) in [5, 5.41) is 6.39. The molecule has 0 aliphatic heterocycles. The van der Waals surface area contributed by atoms with E-state index in [0.29, 0.717) is 28.6 Å². The van der Waals surface area contributed by atoms with E-state index in [2.05, 4.69) is 15.3 Å². The molecule has 0 saturated heterocycles. The van der Waals surface area contributed by atoms with E-state index in [0.717, 1.165) is 10.9 Å². The molecule has 0 saturated carbocycles. The van der Waals surface area contributed by atoms with E-state index in [4.69, 9.17) is 11.6 Å². The van der Waals surface area contributed by atoms with E-state index < -0.39 is 0 Å². The minimum absolute atomic E-state index is 0.155. The molecule has 0 bridgehead atoms. The molecular formula is C14H11ClFN3S. The zero-order valence-electron chi connectivity index (χ0n) is 10.4. The summed E-state index contributed by atoms with van der Waals surface area (Å²) in [5.74, 6) is 0.514. The normalized spacial score (nSPS) is 10.9. The van der Waals surface area contributed by atoms with E-state index in [-0.39, 0.29) is 5.82 Å². The summed E-state index contributed by atoms with van der Waals surface area (Å²) in [4.78, 5) is 7.86. The lowest BCUT2D eigenvalue weighted by atomic mass is 10.1. The summed E-state index contributed by atoms with van der Waals surface area (Å²) in [6.45, 7) is 0.655. The average Bonchev–Trinajstić information content (AvgIpc) is 2.88. The molecule has 2 aromatic heterocycles. The number of fused-ring (bicyclic) bond motifs is 1. The number of thiophene rings is 1. The van der Waals surface area contributed by atoms with Crippen LogP contribution in [0.2, 0.25) is 5.15 Å². The van der Waals surface area contributed by atoms with Crippen molar-refractivity contribution in [3.05, 3.63) is 52.5 Å². The van der Waals surface area contributed by atoms with E-state index in [1.807, 2.05) is 17.5 Å². The smallest absolute Gasteiger partial charge is 0.141 e. The second-order valence-corrected chi connectivity index (χ2v) is 5.62. The number of halogens is 2. The zero-order chi connectivity index (χ0) is 13.9. The molecule has 0 aliphatic rings. The maximum atomic E-state index is 13.8. The number of benzene rings is 1. The van der Waals surface area contributed by atoms with Crippen LogP contribution in [-0.2, 0) is 6.42 Å². The first-order valence-corrected chi connectivity index (χ1v) is 7.35. The van der Waals surface area contributed by atoms with Crippen LogP contribution in [0, 0.1) is 5.82 Å². The number of anilines is 1. The third-order valence-corrected chi connectivity index (χ3v) is 4.06. The number of nitrogens with zero attached hydrogens (tertiary/aromatic N) is 2. The number of rotatable bonds is 4. The molecule has 6 heteroatoms. The van der Waals surface area contributed by atoms with Crippen LogP contribution in [0.3, 0.4) is 0 Å². The van der Waals surface area contributed by atoms with Gasteiger partial charge in [-0.1, -0.05) is 17.7 Å². The lowest BCUT2D eigenvalue weighted by molar-refractivity contribution is 0.639. The molecule has 3 rings (SSSR count). The minimum Gasteiger partial charge on any atom is -0.370 e. The lowest BCUT2D eigenvalue weighted by Gasteiger charge is -2.06. The van der Waals surface area contributed by atoms with Crippen LogP contribution in [0.1, 0.15) is 5.56 Å². The fourth-order valence-corrected chi connectivity index (χ4v) is 2.94. The van der Waals surface area contributed by atoms with Gasteiger partial charge in [-0.3, -0.25) is 0 Å². The summed E-state index contributed by atoms with van der Waals surface area (Å²) >= 11 is 7.20. The Labute approximate surface area is 124 Å². The molecule has 0 radical (unpaired) electrons. The molecular weight excluding hydrogens is 297 g/mol. The Bertz CT molecular complexity index is 744. The highest BCUT2D eigenvalue weighted by Crippen LogP contribution is 2.25. The second-order valence-electron chi connectivity index (χ2n) is 4.32. The van der Waals surface area contributed by atoms with Crippen molar-refractivity contribution >= 4 is 38.8 Å². The van der Waals surface area contributed by atoms with Gasteiger partial charge in [0.05, 0.1) is 4.70 Å². The number of aromatic nitrogens is 2. The van der Waals surface area contributed by atoms with Crippen molar-refractivity contribution in [2.75, 3.05) is 11.9 Å². The molecule has 1 N–H and O–H groups in total. The van der Waals surface area contributed by atoms with Gasteiger partial charge in [-0.15, -0.1) is 11.3 Å². The molecule has 3 nitrogen and oxygen atoms in total. The topological polar surface area (TPSA) is 37.8 Å². The van der Waals surface area contributed by atoms with Crippen molar-refractivity contribution in [3.8, 4) is 0 Å². The number of hydrogen-bond donors (Lipinski definition) is 1. The highest BCUT2D eigenvalue weighted by Gasteiger charge is 2.05. The largest absolute Gasteiger partial charge is 0.370 e. The summed E-state index contributed by atoms with van der Waals surface area (Å²) in [7, 11) is 0. The molecule has 2 heterocycles. The predicted molar refractivity (Wildman–Crippen MR) is 81.0 cm³/mol. The summed E-state index contributed by atoms with van der Waals surface area (Å²) in [6, 6.07) is 7.20. The van der Waals surface area contributed by atoms with Gasteiger partial charge >= 0.3 is 0 Å². The molecule has 3 aromatic rings. The minimum atomic E-state index is -0.155. The fourth-order valence-electron chi connectivity index (χ4n) is 2.01. The van der Waals surface area contributed by atoms with E-state index in [1.165, 1.54) is 17.7 Å². The second kappa shape index (κ2) is 5.73. The molecule has 0 aliphatic carbocycles. The molecule has 0 fully saturated rings. The van der Waals surface area contributed by atoms with Crippen LogP contribution in [-0.4, -0.2) is 16.5 Å². The molecule has 102 valence electrons. The van der Waals surface area contributed by atoms with Crippen LogP contribution in [0.4, 0.5) is 10.2 Å². The van der Waals surface area contributed by atoms with E-state index in [1.54, 1.807) is 12.1 Å². The Hall–Kier alpha value is -1.72. The first-order valence-electron chi connectivity index (χ1n) is 6.09. The van der Waals surface area contributed by atoms with Gasteiger partial charge < -0.3 is 5.32 Å². The molecule has 0 atom stereocenters. The van der Waals surface area contributed by atoms with E-state index in [9.17, 15) is 4.39 Å². The van der Waals surface area contributed by atoms with Gasteiger partial charge in [0.1, 0.15) is 23.1 Å². The third kappa shape index (κ3) is 2.89.